The van der Waals surface area contributed by atoms with Gasteiger partial charge in [0.1, 0.15) is 10.8 Å². The Morgan fingerprint density at radius 1 is 1.27 bits per heavy atom. The average molecular weight is 386 g/mol. The summed E-state index contributed by atoms with van der Waals surface area (Å²) in [5.74, 6) is 1.36. The third-order valence-corrected chi connectivity index (χ3v) is 4.29. The van der Waals surface area contributed by atoms with Crippen LogP contribution in [0.15, 0.2) is 34.6 Å². The Morgan fingerprint density at radius 3 is 2.69 bits per heavy atom. The fourth-order valence-electron chi connectivity index (χ4n) is 2.08. The molecule has 0 spiro atoms. The van der Waals surface area contributed by atoms with Gasteiger partial charge in [0.25, 0.3) is 0 Å². The van der Waals surface area contributed by atoms with Gasteiger partial charge in [-0.25, -0.2) is 4.98 Å². The molecule has 0 aliphatic carbocycles. The molecule has 0 unspecified atom stereocenters. The predicted molar refractivity (Wildman–Crippen MR) is 96.6 cm³/mol. The average Bonchev–Trinajstić information content (AvgIpc) is 3.08. The maximum Gasteiger partial charge on any atom is 0.434 e. The van der Waals surface area contributed by atoms with Crippen LogP contribution in [0.5, 0.6) is 5.75 Å². The quantitative estimate of drug-likeness (QED) is 0.434. The van der Waals surface area contributed by atoms with Gasteiger partial charge in [-0.3, -0.25) is 4.99 Å². The zero-order chi connectivity index (χ0) is 19.0. The fourth-order valence-corrected chi connectivity index (χ4v) is 2.82. The van der Waals surface area contributed by atoms with E-state index < -0.39 is 11.9 Å². The molecule has 0 aliphatic rings. The highest BCUT2D eigenvalue weighted by molar-refractivity contribution is 7.09. The maximum absolute atomic E-state index is 12.5. The molecule has 0 saturated carbocycles. The minimum Gasteiger partial charge on any atom is -0.493 e. The molecule has 1 aromatic carbocycles. The number of aryl methyl sites for hydroxylation is 1. The Hall–Kier alpha value is -2.29. The van der Waals surface area contributed by atoms with Crippen LogP contribution < -0.4 is 15.4 Å². The van der Waals surface area contributed by atoms with Crippen molar-refractivity contribution in [1.82, 2.24) is 15.6 Å². The Kier molecular flexibility index (Phi) is 7.26. The molecule has 0 saturated heterocycles. The van der Waals surface area contributed by atoms with Crippen LogP contribution in [-0.4, -0.2) is 31.1 Å². The minimum atomic E-state index is -4.41. The molecule has 0 fully saturated rings. The lowest BCUT2D eigenvalue weighted by Gasteiger charge is -2.12. The van der Waals surface area contributed by atoms with Crippen molar-refractivity contribution in [1.29, 1.82) is 0 Å². The van der Waals surface area contributed by atoms with E-state index in [0.717, 1.165) is 34.5 Å². The molecule has 26 heavy (non-hydrogen) atoms. The monoisotopic (exact) mass is 386 g/mol. The molecule has 1 heterocycles. The van der Waals surface area contributed by atoms with E-state index in [4.69, 9.17) is 4.74 Å². The SMILES string of the molecule is CN=C(NCCCOc1ccccc1C)NCc1nc(C(F)(F)F)cs1. The summed E-state index contributed by atoms with van der Waals surface area (Å²) in [5.41, 5.74) is 0.218. The lowest BCUT2D eigenvalue weighted by molar-refractivity contribution is -0.140. The number of para-hydroxylation sites is 1. The van der Waals surface area contributed by atoms with E-state index in [9.17, 15) is 13.2 Å². The van der Waals surface area contributed by atoms with E-state index in [2.05, 4.69) is 20.6 Å². The fraction of sp³-hybridized carbons (Fsp3) is 0.412. The van der Waals surface area contributed by atoms with Crippen molar-refractivity contribution in [3.8, 4) is 5.75 Å². The van der Waals surface area contributed by atoms with Crippen LogP contribution in [0.4, 0.5) is 13.2 Å². The van der Waals surface area contributed by atoms with Crippen LogP contribution in [0.2, 0.25) is 0 Å². The number of aliphatic imine (C=N–C) groups is 1. The third kappa shape index (κ3) is 6.21. The first kappa shape index (κ1) is 20.0. The second-order valence-electron chi connectivity index (χ2n) is 5.44. The lowest BCUT2D eigenvalue weighted by Crippen LogP contribution is -2.37. The van der Waals surface area contributed by atoms with Gasteiger partial charge in [-0.2, -0.15) is 13.2 Å². The summed E-state index contributed by atoms with van der Waals surface area (Å²) in [6, 6.07) is 7.79. The van der Waals surface area contributed by atoms with Crippen molar-refractivity contribution in [3.63, 3.8) is 0 Å². The number of nitrogens with one attached hydrogen (secondary N) is 2. The van der Waals surface area contributed by atoms with Crippen LogP contribution in [0, 0.1) is 6.92 Å². The highest BCUT2D eigenvalue weighted by Gasteiger charge is 2.33. The number of nitrogens with zero attached hydrogens (tertiary/aromatic N) is 2. The molecule has 2 rings (SSSR count). The molecule has 2 N–H and O–H groups in total. The van der Waals surface area contributed by atoms with Crippen LogP contribution in [-0.2, 0) is 12.7 Å². The minimum absolute atomic E-state index is 0.181. The number of thiazole rings is 1. The lowest BCUT2D eigenvalue weighted by atomic mass is 10.2. The van der Waals surface area contributed by atoms with Crippen molar-refractivity contribution in [2.75, 3.05) is 20.2 Å². The van der Waals surface area contributed by atoms with Crippen molar-refractivity contribution in [2.45, 2.75) is 26.1 Å². The summed E-state index contributed by atoms with van der Waals surface area (Å²) < 4.78 is 43.3. The number of ether oxygens (including phenoxy) is 1. The maximum atomic E-state index is 12.5. The number of hydrogen-bond acceptors (Lipinski definition) is 4. The van der Waals surface area contributed by atoms with Gasteiger partial charge in [0.15, 0.2) is 11.7 Å². The van der Waals surface area contributed by atoms with Gasteiger partial charge in [-0.05, 0) is 25.0 Å². The first-order valence-electron chi connectivity index (χ1n) is 8.04. The number of benzene rings is 1. The molecular formula is C17H21F3N4OS. The summed E-state index contributed by atoms with van der Waals surface area (Å²) in [6.45, 7) is 3.34. The van der Waals surface area contributed by atoms with Gasteiger partial charge in [-0.1, -0.05) is 18.2 Å². The number of aromatic nitrogens is 1. The number of guanidine groups is 1. The Bertz CT molecular complexity index is 731. The van der Waals surface area contributed by atoms with Crippen LogP contribution in [0.25, 0.3) is 0 Å². The Balaban J connectivity index is 1.68. The van der Waals surface area contributed by atoms with Crippen molar-refractivity contribution in [3.05, 3.63) is 45.9 Å². The first-order chi connectivity index (χ1) is 12.4. The molecule has 0 bridgehead atoms. The second-order valence-corrected chi connectivity index (χ2v) is 6.39. The van der Waals surface area contributed by atoms with Crippen LogP contribution in [0.1, 0.15) is 22.7 Å². The van der Waals surface area contributed by atoms with Crippen LogP contribution in [0.3, 0.4) is 0 Å². The van der Waals surface area contributed by atoms with Crippen molar-refractivity contribution in [2.24, 2.45) is 4.99 Å². The molecule has 2 aromatic rings. The van der Waals surface area contributed by atoms with E-state index >= 15 is 0 Å². The van der Waals surface area contributed by atoms with Crippen molar-refractivity contribution < 1.29 is 17.9 Å². The standard InChI is InChI=1S/C17H21F3N4OS/c1-12-6-3-4-7-13(12)25-9-5-8-22-16(21-2)23-10-15-24-14(11-26-15)17(18,19)20/h3-4,6-7,11H,5,8-10H2,1-2H3,(H2,21,22,23). The van der Waals surface area contributed by atoms with E-state index in [0.29, 0.717) is 24.1 Å². The summed E-state index contributed by atoms with van der Waals surface area (Å²) >= 11 is 0.963. The zero-order valence-corrected chi connectivity index (χ0v) is 15.4. The molecular weight excluding hydrogens is 365 g/mol. The molecule has 0 radical (unpaired) electrons. The first-order valence-corrected chi connectivity index (χ1v) is 8.92. The molecule has 9 heteroatoms. The van der Waals surface area contributed by atoms with E-state index in [1.54, 1.807) is 7.05 Å². The number of rotatable bonds is 7. The normalized spacial score (nSPS) is 12.1. The Labute approximate surface area is 154 Å². The molecule has 0 aliphatic heterocycles. The molecule has 5 nitrogen and oxygen atoms in total. The summed E-state index contributed by atoms with van der Waals surface area (Å²) in [7, 11) is 1.60. The summed E-state index contributed by atoms with van der Waals surface area (Å²) in [5, 5.41) is 7.40. The molecule has 142 valence electrons. The topological polar surface area (TPSA) is 58.5 Å². The van der Waals surface area contributed by atoms with Gasteiger partial charge in [-0.15, -0.1) is 11.3 Å². The number of halogens is 3. The number of hydrogen-bond donors (Lipinski definition) is 2. The van der Waals surface area contributed by atoms with E-state index in [-0.39, 0.29) is 6.54 Å². The summed E-state index contributed by atoms with van der Waals surface area (Å²) in [4.78, 5) is 7.60. The number of alkyl halides is 3. The van der Waals surface area contributed by atoms with Crippen molar-refractivity contribution >= 4 is 17.3 Å². The molecule has 0 atom stereocenters. The predicted octanol–water partition coefficient (Wildman–Crippen LogP) is 3.60. The second kappa shape index (κ2) is 9.42. The van der Waals surface area contributed by atoms with Gasteiger partial charge < -0.3 is 15.4 Å². The van der Waals surface area contributed by atoms with E-state index in [1.165, 1.54) is 0 Å². The van der Waals surface area contributed by atoms with Gasteiger partial charge >= 0.3 is 6.18 Å². The molecule has 0 amide bonds. The zero-order valence-electron chi connectivity index (χ0n) is 14.6. The molecule has 1 aromatic heterocycles. The Morgan fingerprint density at radius 2 is 2.04 bits per heavy atom. The van der Waals surface area contributed by atoms with Gasteiger partial charge in [0.05, 0.1) is 13.2 Å². The largest absolute Gasteiger partial charge is 0.493 e. The third-order valence-electron chi connectivity index (χ3n) is 3.44. The summed E-state index contributed by atoms with van der Waals surface area (Å²) in [6.07, 6.45) is -3.66. The van der Waals surface area contributed by atoms with Gasteiger partial charge in [0.2, 0.25) is 0 Å². The highest BCUT2D eigenvalue weighted by Crippen LogP contribution is 2.29. The van der Waals surface area contributed by atoms with Gasteiger partial charge in [0, 0.05) is 19.0 Å². The van der Waals surface area contributed by atoms with Crippen LogP contribution >= 0.6 is 11.3 Å². The highest BCUT2D eigenvalue weighted by atomic mass is 32.1. The van der Waals surface area contributed by atoms with E-state index in [1.807, 2.05) is 31.2 Å². The smallest absolute Gasteiger partial charge is 0.434 e.